The monoisotopic (exact) mass is 362 g/mol. The zero-order chi connectivity index (χ0) is 19.7. The van der Waals surface area contributed by atoms with Gasteiger partial charge in [-0.2, -0.15) is 0 Å². The van der Waals surface area contributed by atoms with Crippen LogP contribution in [-0.4, -0.2) is 23.1 Å². The van der Waals surface area contributed by atoms with Gasteiger partial charge in [-0.05, 0) is 42.9 Å². The highest BCUT2D eigenvalue weighted by molar-refractivity contribution is 5.80. The Labute approximate surface area is 157 Å². The summed E-state index contributed by atoms with van der Waals surface area (Å²) in [5, 5.41) is 9.05. The number of carbonyl (C=O) groups is 2. The molecular weight excluding hydrogens is 328 g/mol. The largest absolute Gasteiger partial charge is 0.478 e. The third-order valence-electron chi connectivity index (χ3n) is 6.50. The summed E-state index contributed by atoms with van der Waals surface area (Å²) in [5.74, 6) is -0.658. The lowest BCUT2D eigenvalue weighted by molar-refractivity contribution is -0.154. The fourth-order valence-electron chi connectivity index (χ4n) is 5.69. The van der Waals surface area contributed by atoms with E-state index < -0.39 is 5.97 Å². The Bertz CT molecular complexity index is 628. The number of hydrogen-bond acceptors (Lipinski definition) is 3. The molecule has 26 heavy (non-hydrogen) atoms. The summed E-state index contributed by atoms with van der Waals surface area (Å²) >= 11 is 0. The first-order chi connectivity index (χ1) is 12.0. The number of fused-ring (bicyclic) bond motifs is 1. The van der Waals surface area contributed by atoms with Crippen LogP contribution in [0.1, 0.15) is 73.6 Å². The first kappa shape index (κ1) is 20.7. The third-order valence-corrected chi connectivity index (χ3v) is 6.50. The normalized spacial score (nSPS) is 32.2. The van der Waals surface area contributed by atoms with Crippen molar-refractivity contribution >= 4 is 11.9 Å². The minimum atomic E-state index is -0.952. The van der Waals surface area contributed by atoms with Crippen molar-refractivity contribution in [1.82, 2.24) is 0 Å². The Morgan fingerprint density at radius 1 is 1.31 bits per heavy atom. The first-order valence-electron chi connectivity index (χ1n) is 9.76. The average molecular weight is 363 g/mol. The van der Waals surface area contributed by atoms with Crippen molar-refractivity contribution < 1.29 is 19.4 Å². The lowest BCUT2D eigenvalue weighted by atomic mass is 9.50. The smallest absolute Gasteiger partial charge is 0.328 e. The number of carboxylic acid groups (broad SMARTS) is 1. The van der Waals surface area contributed by atoms with Gasteiger partial charge in [0.1, 0.15) is 6.10 Å². The molecule has 0 unspecified atom stereocenters. The second kappa shape index (κ2) is 7.58. The fraction of sp³-hybridized carbons (Fsp3) is 0.727. The third kappa shape index (κ3) is 4.21. The van der Waals surface area contributed by atoms with Crippen LogP contribution < -0.4 is 0 Å². The van der Waals surface area contributed by atoms with Crippen molar-refractivity contribution in [3.8, 4) is 0 Å². The summed E-state index contributed by atoms with van der Waals surface area (Å²) in [4.78, 5) is 22.9. The fourth-order valence-corrected chi connectivity index (χ4v) is 5.69. The molecule has 4 nitrogen and oxygen atoms in total. The second-order valence-corrected chi connectivity index (χ2v) is 9.19. The number of aliphatic carboxylic acids is 1. The molecule has 0 aliphatic heterocycles. The Morgan fingerprint density at radius 2 is 1.96 bits per heavy atom. The number of ether oxygens (including phenoxy) is 1. The zero-order valence-corrected chi connectivity index (χ0v) is 17.1. The molecule has 4 heteroatoms. The molecule has 2 aliphatic rings. The SMILES string of the molecule is CC(=O)O[C@H](C/C(C)=C\C(=O)O)[C@H]1[C@H](C)CC=C2C(C)(C)CCC[C@@]21C. The standard InChI is InChI=1S/C22H34O4/c1-14(13-19(24)25)12-17(26-16(3)23)20-15(2)8-9-18-21(4,5)10-7-11-22(18,20)6/h9,13,15,17,20H,7-8,10-12H2,1-6H3,(H,24,25)/b14-13-/t15-,17-,20-,22+/m1/s1. The van der Waals surface area contributed by atoms with Crippen LogP contribution in [0, 0.1) is 22.7 Å². The summed E-state index contributed by atoms with van der Waals surface area (Å²) in [6.07, 6.45) is 8.27. The maximum absolute atomic E-state index is 11.8. The molecule has 1 N–H and O–H groups in total. The van der Waals surface area contributed by atoms with E-state index in [2.05, 4.69) is 33.8 Å². The minimum absolute atomic E-state index is 0.0109. The van der Waals surface area contributed by atoms with Gasteiger partial charge in [0.05, 0.1) is 0 Å². The van der Waals surface area contributed by atoms with Crippen molar-refractivity contribution in [3.63, 3.8) is 0 Å². The average Bonchev–Trinajstić information content (AvgIpc) is 2.43. The Morgan fingerprint density at radius 3 is 2.54 bits per heavy atom. The van der Waals surface area contributed by atoms with Gasteiger partial charge in [-0.25, -0.2) is 4.79 Å². The van der Waals surface area contributed by atoms with Crippen molar-refractivity contribution in [3.05, 3.63) is 23.3 Å². The number of carboxylic acids is 1. The van der Waals surface area contributed by atoms with Gasteiger partial charge in [-0.15, -0.1) is 0 Å². The Hall–Kier alpha value is -1.58. The number of esters is 1. The molecule has 0 heterocycles. The van der Waals surface area contributed by atoms with E-state index in [1.54, 1.807) is 0 Å². The van der Waals surface area contributed by atoms with Crippen LogP contribution in [0.3, 0.4) is 0 Å². The number of carbonyl (C=O) groups excluding carboxylic acids is 1. The predicted molar refractivity (Wildman–Crippen MR) is 103 cm³/mol. The van der Waals surface area contributed by atoms with Gasteiger partial charge in [-0.1, -0.05) is 51.3 Å². The molecule has 0 aromatic carbocycles. The van der Waals surface area contributed by atoms with Gasteiger partial charge >= 0.3 is 11.9 Å². The highest BCUT2D eigenvalue weighted by Crippen LogP contribution is 2.60. The van der Waals surface area contributed by atoms with E-state index in [1.807, 2.05) is 6.92 Å². The Kier molecular flexibility index (Phi) is 6.04. The molecule has 0 aromatic rings. The van der Waals surface area contributed by atoms with Crippen LogP contribution in [0.2, 0.25) is 0 Å². The molecule has 146 valence electrons. The number of rotatable bonds is 5. The van der Waals surface area contributed by atoms with Crippen molar-refractivity contribution in [2.75, 3.05) is 0 Å². The molecule has 1 saturated carbocycles. The zero-order valence-electron chi connectivity index (χ0n) is 17.1. The van der Waals surface area contributed by atoms with Crippen LogP contribution in [0.4, 0.5) is 0 Å². The van der Waals surface area contributed by atoms with Crippen LogP contribution >= 0.6 is 0 Å². The summed E-state index contributed by atoms with van der Waals surface area (Å²) in [6, 6.07) is 0. The molecule has 0 spiro atoms. The molecule has 0 aromatic heterocycles. The van der Waals surface area contributed by atoms with E-state index in [0.717, 1.165) is 18.4 Å². The maximum Gasteiger partial charge on any atom is 0.328 e. The van der Waals surface area contributed by atoms with E-state index in [0.29, 0.717) is 12.3 Å². The minimum Gasteiger partial charge on any atom is -0.478 e. The number of allylic oxidation sites excluding steroid dienone is 2. The van der Waals surface area contributed by atoms with E-state index >= 15 is 0 Å². The van der Waals surface area contributed by atoms with Gasteiger partial charge in [0.2, 0.25) is 0 Å². The van der Waals surface area contributed by atoms with Crippen molar-refractivity contribution in [2.24, 2.45) is 22.7 Å². The highest BCUT2D eigenvalue weighted by atomic mass is 16.5. The molecule has 4 atom stereocenters. The topological polar surface area (TPSA) is 63.6 Å². The molecular formula is C22H34O4. The van der Waals surface area contributed by atoms with Crippen LogP contribution in [0.25, 0.3) is 0 Å². The second-order valence-electron chi connectivity index (χ2n) is 9.19. The lowest BCUT2D eigenvalue weighted by Gasteiger charge is -2.55. The first-order valence-corrected chi connectivity index (χ1v) is 9.76. The molecule has 2 rings (SSSR count). The number of hydrogen-bond donors (Lipinski definition) is 1. The lowest BCUT2D eigenvalue weighted by Crippen LogP contribution is -2.50. The van der Waals surface area contributed by atoms with Gasteiger partial charge in [0.25, 0.3) is 0 Å². The maximum atomic E-state index is 11.8. The summed E-state index contributed by atoms with van der Waals surface area (Å²) in [5.41, 5.74) is 2.39. The Balaban J connectivity index is 2.43. The molecule has 1 fully saturated rings. The van der Waals surface area contributed by atoms with Gasteiger partial charge < -0.3 is 9.84 Å². The predicted octanol–water partition coefficient (Wildman–Crippen LogP) is 5.14. The molecule has 2 aliphatic carbocycles. The molecule has 0 radical (unpaired) electrons. The summed E-state index contributed by atoms with van der Waals surface area (Å²) in [7, 11) is 0. The van der Waals surface area contributed by atoms with E-state index in [1.165, 1.54) is 31.4 Å². The van der Waals surface area contributed by atoms with Gasteiger partial charge in [-0.3, -0.25) is 4.79 Å². The van der Waals surface area contributed by atoms with Crippen molar-refractivity contribution in [1.29, 1.82) is 0 Å². The molecule has 0 amide bonds. The van der Waals surface area contributed by atoms with Crippen molar-refractivity contribution in [2.45, 2.75) is 79.8 Å². The van der Waals surface area contributed by atoms with E-state index in [-0.39, 0.29) is 28.8 Å². The van der Waals surface area contributed by atoms with Crippen LogP contribution in [0.5, 0.6) is 0 Å². The molecule has 0 saturated heterocycles. The van der Waals surface area contributed by atoms with Gasteiger partial charge in [0.15, 0.2) is 0 Å². The van der Waals surface area contributed by atoms with Crippen LogP contribution in [-0.2, 0) is 14.3 Å². The van der Waals surface area contributed by atoms with Crippen LogP contribution in [0.15, 0.2) is 23.3 Å². The quantitative estimate of drug-likeness (QED) is 0.418. The van der Waals surface area contributed by atoms with Gasteiger partial charge in [0, 0.05) is 25.3 Å². The summed E-state index contributed by atoms with van der Waals surface area (Å²) in [6.45, 7) is 12.5. The van der Waals surface area contributed by atoms with E-state index in [9.17, 15) is 9.59 Å². The van der Waals surface area contributed by atoms with E-state index in [4.69, 9.17) is 9.84 Å². The summed E-state index contributed by atoms with van der Waals surface area (Å²) < 4.78 is 5.79. The molecule has 0 bridgehead atoms. The highest BCUT2D eigenvalue weighted by Gasteiger charge is 2.52.